The number of hydrogen-bond donors (Lipinski definition) is 1. The Morgan fingerprint density at radius 2 is 2.00 bits per heavy atom. The molecule has 10 nitrogen and oxygen atoms in total. The maximum atomic E-state index is 14.6. The lowest BCUT2D eigenvalue weighted by molar-refractivity contribution is 0.356. The van der Waals surface area contributed by atoms with Crippen molar-refractivity contribution in [3.05, 3.63) is 64.9 Å². The minimum Gasteiger partial charge on any atom is -0.493 e. The number of pyridine rings is 1. The Morgan fingerprint density at radius 3 is 2.75 bits per heavy atom. The number of rotatable bonds is 6. The van der Waals surface area contributed by atoms with Gasteiger partial charge in [0.25, 0.3) is 0 Å². The number of ether oxygens (including phenoxy) is 1. The second-order valence-electron chi connectivity index (χ2n) is 8.48. The van der Waals surface area contributed by atoms with Crippen LogP contribution >= 0.6 is 0 Å². The molecule has 0 amide bonds. The molecule has 0 saturated heterocycles. The monoisotopic (exact) mass is 509 g/mol. The number of fused-ring (bicyclic) bond motifs is 2. The van der Waals surface area contributed by atoms with E-state index in [4.69, 9.17) is 4.74 Å². The van der Waals surface area contributed by atoms with E-state index in [-0.39, 0.29) is 17.4 Å². The van der Waals surface area contributed by atoms with Crippen LogP contribution in [0.3, 0.4) is 0 Å². The van der Waals surface area contributed by atoms with Gasteiger partial charge < -0.3 is 4.74 Å². The zero-order chi connectivity index (χ0) is 25.6. The van der Waals surface area contributed by atoms with Crippen molar-refractivity contribution in [1.29, 1.82) is 0 Å². The van der Waals surface area contributed by atoms with E-state index in [2.05, 4.69) is 32.2 Å². The molecule has 0 spiro atoms. The fourth-order valence-electron chi connectivity index (χ4n) is 4.43. The van der Waals surface area contributed by atoms with Gasteiger partial charge in [-0.3, -0.25) is 14.4 Å². The van der Waals surface area contributed by atoms with Crippen LogP contribution < -0.4 is 15.8 Å². The van der Waals surface area contributed by atoms with Gasteiger partial charge in [-0.2, -0.15) is 5.10 Å². The predicted octanol–water partition coefficient (Wildman–Crippen LogP) is 2.65. The lowest BCUT2D eigenvalue weighted by Crippen LogP contribution is -2.25. The van der Waals surface area contributed by atoms with Gasteiger partial charge in [0, 0.05) is 60.6 Å². The van der Waals surface area contributed by atoms with E-state index in [1.807, 2.05) is 19.1 Å². The summed E-state index contributed by atoms with van der Waals surface area (Å²) in [5.74, 6) is 0.857. The first-order valence-electron chi connectivity index (χ1n) is 11.1. The summed E-state index contributed by atoms with van der Waals surface area (Å²) in [5.41, 5.74) is 6.95. The third kappa shape index (κ3) is 3.92. The molecule has 3 aromatic heterocycles. The first-order chi connectivity index (χ1) is 17.2. The van der Waals surface area contributed by atoms with Crippen LogP contribution in [0.5, 0.6) is 5.75 Å². The van der Waals surface area contributed by atoms with Crippen molar-refractivity contribution in [1.82, 2.24) is 18.9 Å². The summed E-state index contributed by atoms with van der Waals surface area (Å²) in [7, 11) is -1.76. The van der Waals surface area contributed by atoms with Crippen LogP contribution in [0.4, 0.5) is 10.2 Å². The molecule has 5 rings (SSSR count). The van der Waals surface area contributed by atoms with E-state index < -0.39 is 9.84 Å². The molecular weight excluding hydrogens is 485 g/mol. The molecule has 4 heterocycles. The van der Waals surface area contributed by atoms with Gasteiger partial charge in [0.05, 0.1) is 19.3 Å². The van der Waals surface area contributed by atoms with E-state index >= 15 is 0 Å². The Labute approximate surface area is 206 Å². The molecule has 36 heavy (non-hydrogen) atoms. The Bertz CT molecular complexity index is 1710. The molecular formula is C24H24FN7O3S. The molecule has 0 fully saturated rings. The molecule has 1 aliphatic rings. The van der Waals surface area contributed by atoms with Crippen molar-refractivity contribution in [3.8, 4) is 16.9 Å². The average Bonchev–Trinajstić information content (AvgIpc) is 3.49. The fourth-order valence-corrected chi connectivity index (χ4v) is 5.24. The van der Waals surface area contributed by atoms with E-state index in [1.54, 1.807) is 28.3 Å². The van der Waals surface area contributed by atoms with Crippen LogP contribution in [-0.2, 0) is 29.9 Å². The number of aromatic nitrogens is 4. The first-order valence-corrected chi connectivity index (χ1v) is 13.0. The van der Waals surface area contributed by atoms with Crippen molar-refractivity contribution in [2.45, 2.75) is 24.9 Å². The molecule has 0 atom stereocenters. The number of nitrogens with one attached hydrogen (secondary N) is 1. The highest BCUT2D eigenvalue weighted by Crippen LogP contribution is 2.32. The predicted molar refractivity (Wildman–Crippen MR) is 133 cm³/mol. The van der Waals surface area contributed by atoms with Gasteiger partial charge in [-0.25, -0.2) is 27.8 Å². The van der Waals surface area contributed by atoms with Gasteiger partial charge in [-0.1, -0.05) is 0 Å². The third-order valence-electron chi connectivity index (χ3n) is 6.19. The molecule has 0 radical (unpaired) electrons. The van der Waals surface area contributed by atoms with Gasteiger partial charge in [-0.15, -0.1) is 0 Å². The van der Waals surface area contributed by atoms with Crippen LogP contribution in [-0.4, -0.2) is 46.9 Å². The second-order valence-corrected chi connectivity index (χ2v) is 10.4. The highest BCUT2D eigenvalue weighted by Gasteiger charge is 2.21. The van der Waals surface area contributed by atoms with E-state index in [9.17, 15) is 12.8 Å². The summed E-state index contributed by atoms with van der Waals surface area (Å²) in [6, 6.07) is 6.68. The number of imidazole rings is 1. The van der Waals surface area contributed by atoms with E-state index in [0.717, 1.165) is 11.8 Å². The SMILES string of the molecule is C=NNc1c(-c2ccc(C)n3c(S(C)(=O)=O)cnc23)cnc(=NCc2c(F)ccc3c2CCO3)n1C. The Kier molecular flexibility index (Phi) is 5.83. The molecule has 0 unspecified atom stereocenters. The number of halogens is 1. The van der Waals surface area contributed by atoms with Crippen LogP contribution in [0.1, 0.15) is 16.8 Å². The van der Waals surface area contributed by atoms with Gasteiger partial charge in [0.15, 0.2) is 14.9 Å². The molecule has 12 heteroatoms. The third-order valence-corrected chi connectivity index (χ3v) is 7.24. The summed E-state index contributed by atoms with van der Waals surface area (Å²) in [5, 5.41) is 3.92. The van der Waals surface area contributed by atoms with Crippen molar-refractivity contribution >= 4 is 28.0 Å². The van der Waals surface area contributed by atoms with Crippen LogP contribution in [0.2, 0.25) is 0 Å². The number of sulfone groups is 1. The second kappa shape index (κ2) is 8.86. The topological polar surface area (TPSA) is 115 Å². The van der Waals surface area contributed by atoms with Crippen LogP contribution in [0, 0.1) is 12.7 Å². The summed E-state index contributed by atoms with van der Waals surface area (Å²) < 4.78 is 48.0. The van der Waals surface area contributed by atoms with Crippen LogP contribution in [0.15, 0.2) is 51.8 Å². The number of nitrogens with zero attached hydrogens (tertiary/aromatic N) is 6. The van der Waals surface area contributed by atoms with Crippen molar-refractivity contribution in [3.63, 3.8) is 0 Å². The minimum atomic E-state index is -3.50. The van der Waals surface area contributed by atoms with Crippen LogP contribution in [0.25, 0.3) is 16.8 Å². The molecule has 0 aliphatic carbocycles. The quantitative estimate of drug-likeness (QED) is 0.316. The number of benzene rings is 1. The number of aryl methyl sites for hydroxylation is 1. The highest BCUT2D eigenvalue weighted by atomic mass is 32.2. The zero-order valence-electron chi connectivity index (χ0n) is 20.0. The van der Waals surface area contributed by atoms with Crippen molar-refractivity contribution < 1.29 is 17.5 Å². The van der Waals surface area contributed by atoms with E-state index in [1.165, 1.54) is 12.3 Å². The molecule has 0 saturated carbocycles. The maximum absolute atomic E-state index is 14.6. The van der Waals surface area contributed by atoms with Gasteiger partial charge in [0.1, 0.15) is 23.0 Å². The molecule has 1 N–H and O–H groups in total. The lowest BCUT2D eigenvalue weighted by atomic mass is 10.0. The molecule has 0 bridgehead atoms. The highest BCUT2D eigenvalue weighted by molar-refractivity contribution is 7.90. The molecule has 1 aromatic carbocycles. The molecule has 4 aromatic rings. The fraction of sp³-hybridized carbons (Fsp3) is 0.250. The number of hydrogen-bond acceptors (Lipinski definition) is 8. The Balaban J connectivity index is 1.65. The van der Waals surface area contributed by atoms with E-state index in [0.29, 0.717) is 58.2 Å². The minimum absolute atomic E-state index is 0.0895. The van der Waals surface area contributed by atoms with Crippen molar-refractivity contribution in [2.75, 3.05) is 18.3 Å². The number of hydrazone groups is 1. The van der Waals surface area contributed by atoms with Gasteiger partial charge in [-0.05, 0) is 31.2 Å². The summed E-state index contributed by atoms with van der Waals surface area (Å²) in [6.07, 6.45) is 4.72. The molecule has 1 aliphatic heterocycles. The molecule has 186 valence electrons. The Morgan fingerprint density at radius 1 is 1.19 bits per heavy atom. The largest absolute Gasteiger partial charge is 0.493 e. The summed E-state index contributed by atoms with van der Waals surface area (Å²) >= 11 is 0. The maximum Gasteiger partial charge on any atom is 0.226 e. The normalized spacial score (nSPS) is 13.6. The summed E-state index contributed by atoms with van der Waals surface area (Å²) in [4.78, 5) is 13.5. The standard InChI is InChI=1S/C24H24FN7O3S/c1-14-5-6-16(22-27-13-21(32(14)22)36(4,33)34)18-12-29-24(31(3)23(18)30-26-2)28-11-17-15-9-10-35-20(15)8-7-19(17)25/h5-8,12-13,30H,2,9-11H2,1,3-4H3. The van der Waals surface area contributed by atoms with Gasteiger partial charge >= 0.3 is 0 Å². The lowest BCUT2D eigenvalue weighted by Gasteiger charge is -2.15. The van der Waals surface area contributed by atoms with Gasteiger partial charge in [0.2, 0.25) is 5.62 Å². The zero-order valence-corrected chi connectivity index (χ0v) is 20.8. The number of anilines is 1. The summed E-state index contributed by atoms with van der Waals surface area (Å²) in [6.45, 7) is 5.95. The smallest absolute Gasteiger partial charge is 0.226 e. The Hall–Kier alpha value is -4.06. The first kappa shape index (κ1) is 23.7. The van der Waals surface area contributed by atoms with Crippen molar-refractivity contribution in [2.24, 2.45) is 17.1 Å². The average molecular weight is 510 g/mol.